The summed E-state index contributed by atoms with van der Waals surface area (Å²) in [7, 11) is 0. The van der Waals surface area contributed by atoms with Gasteiger partial charge in [-0.15, -0.1) is 0 Å². The van der Waals surface area contributed by atoms with E-state index in [9.17, 15) is 4.39 Å². The Morgan fingerprint density at radius 2 is 1.94 bits per heavy atom. The molecule has 5 heteroatoms. The first-order valence-corrected chi connectivity index (χ1v) is 12.9. The fourth-order valence-electron chi connectivity index (χ4n) is 5.04. The highest BCUT2D eigenvalue weighted by atomic mass is 19.1. The Hall–Kier alpha value is -3.05. The van der Waals surface area contributed by atoms with Gasteiger partial charge >= 0.3 is 0 Å². The Balaban J connectivity index is 1.36. The van der Waals surface area contributed by atoms with E-state index in [4.69, 9.17) is 14.4 Å². The molecule has 1 saturated heterocycles. The number of aromatic nitrogens is 1. The van der Waals surface area contributed by atoms with E-state index < -0.39 is 0 Å². The average Bonchev–Trinajstić information content (AvgIpc) is 3.32. The van der Waals surface area contributed by atoms with Crippen molar-refractivity contribution in [3.05, 3.63) is 83.6 Å². The van der Waals surface area contributed by atoms with E-state index in [0.717, 1.165) is 68.0 Å². The summed E-state index contributed by atoms with van der Waals surface area (Å²) in [6.07, 6.45) is 21.4. The van der Waals surface area contributed by atoms with Crippen molar-refractivity contribution in [2.75, 3.05) is 19.6 Å². The van der Waals surface area contributed by atoms with Gasteiger partial charge in [0.2, 0.25) is 5.89 Å². The molecule has 3 aliphatic rings. The Morgan fingerprint density at radius 3 is 2.71 bits per heavy atom. The van der Waals surface area contributed by atoms with Crippen LogP contribution < -0.4 is 0 Å². The zero-order chi connectivity index (χ0) is 24.0. The van der Waals surface area contributed by atoms with E-state index in [1.54, 1.807) is 17.7 Å². The number of allylic oxidation sites excluding steroid dienone is 6. The SMILES string of the molecule is CC1C=CC=N/C(c2nc(-c3ccc(F)cc3)oc2C2CCN(CCC3=CC=CCC3)CC2)=C/C1. The van der Waals surface area contributed by atoms with E-state index >= 15 is 0 Å². The van der Waals surface area contributed by atoms with Crippen LogP contribution in [0.4, 0.5) is 4.39 Å². The van der Waals surface area contributed by atoms with Gasteiger partial charge in [-0.05, 0) is 87.9 Å². The Morgan fingerprint density at radius 1 is 1.11 bits per heavy atom. The summed E-state index contributed by atoms with van der Waals surface area (Å²) in [5.41, 5.74) is 4.05. The molecule has 0 amide bonds. The van der Waals surface area contributed by atoms with Gasteiger partial charge in [-0.2, -0.15) is 0 Å². The number of rotatable bonds is 6. The van der Waals surface area contributed by atoms with Crippen molar-refractivity contribution in [1.82, 2.24) is 9.88 Å². The van der Waals surface area contributed by atoms with Crippen LogP contribution in [0.1, 0.15) is 62.8 Å². The highest BCUT2D eigenvalue weighted by Crippen LogP contribution is 2.37. The lowest BCUT2D eigenvalue weighted by Gasteiger charge is -2.31. The quantitative estimate of drug-likeness (QED) is 0.443. The molecule has 3 heterocycles. The molecular formula is C30H34FN3O. The zero-order valence-electron chi connectivity index (χ0n) is 20.5. The van der Waals surface area contributed by atoms with Crippen LogP contribution in [-0.4, -0.2) is 35.7 Å². The number of piperidine rings is 1. The fourth-order valence-corrected chi connectivity index (χ4v) is 5.04. The molecule has 0 N–H and O–H groups in total. The lowest BCUT2D eigenvalue weighted by atomic mass is 9.91. The molecule has 1 unspecified atom stereocenters. The molecule has 1 atom stereocenters. The molecule has 0 spiro atoms. The van der Waals surface area contributed by atoms with Crippen LogP contribution >= 0.6 is 0 Å². The molecule has 2 aliphatic heterocycles. The van der Waals surface area contributed by atoms with Crippen LogP contribution in [0.3, 0.4) is 0 Å². The first-order valence-electron chi connectivity index (χ1n) is 12.9. The van der Waals surface area contributed by atoms with Crippen molar-refractivity contribution in [1.29, 1.82) is 0 Å². The summed E-state index contributed by atoms with van der Waals surface area (Å²) in [6, 6.07) is 6.36. The molecule has 1 aromatic carbocycles. The summed E-state index contributed by atoms with van der Waals surface area (Å²) in [6.45, 7) is 5.44. The number of aliphatic imine (C=N–C) groups is 1. The second-order valence-corrected chi connectivity index (χ2v) is 9.86. The van der Waals surface area contributed by atoms with Crippen molar-refractivity contribution in [2.24, 2.45) is 10.9 Å². The Kier molecular flexibility index (Phi) is 7.53. The van der Waals surface area contributed by atoms with Gasteiger partial charge in [-0.3, -0.25) is 4.99 Å². The third-order valence-corrected chi connectivity index (χ3v) is 7.22. The monoisotopic (exact) mass is 471 g/mol. The van der Waals surface area contributed by atoms with Gasteiger partial charge in [0, 0.05) is 24.2 Å². The number of benzene rings is 1. The van der Waals surface area contributed by atoms with E-state index in [2.05, 4.69) is 42.2 Å². The smallest absolute Gasteiger partial charge is 0.226 e. The lowest BCUT2D eigenvalue weighted by molar-refractivity contribution is 0.204. The first kappa shape index (κ1) is 23.7. The standard InChI is InChI=1S/C30H34FN3O/c1-22-6-5-18-32-27(14-9-22)28-29(35-30(33-28)25-10-12-26(31)13-11-25)24-16-20-34(21-17-24)19-15-23-7-3-2-4-8-23/h2-3,5-7,10-14,18,22,24H,4,8-9,15-17,19-21H2,1H3/b6-5?,27-14+,32-18?. The van der Waals surface area contributed by atoms with Crippen molar-refractivity contribution < 1.29 is 8.81 Å². The van der Waals surface area contributed by atoms with Crippen molar-refractivity contribution in [3.8, 4) is 11.5 Å². The van der Waals surface area contributed by atoms with Crippen LogP contribution in [0.2, 0.25) is 0 Å². The lowest BCUT2D eigenvalue weighted by Crippen LogP contribution is -2.34. The van der Waals surface area contributed by atoms with Crippen molar-refractivity contribution >= 4 is 11.9 Å². The summed E-state index contributed by atoms with van der Waals surface area (Å²) in [4.78, 5) is 12.2. The number of hydrogen-bond acceptors (Lipinski definition) is 4. The largest absolute Gasteiger partial charge is 0.440 e. The second kappa shape index (κ2) is 11.1. The summed E-state index contributed by atoms with van der Waals surface area (Å²) in [5.74, 6) is 1.94. The maximum atomic E-state index is 13.5. The second-order valence-electron chi connectivity index (χ2n) is 9.86. The van der Waals surface area contributed by atoms with Crippen LogP contribution in [0, 0.1) is 11.7 Å². The van der Waals surface area contributed by atoms with E-state index in [-0.39, 0.29) is 5.82 Å². The average molecular weight is 472 g/mol. The van der Waals surface area contributed by atoms with E-state index in [1.807, 2.05) is 12.3 Å². The molecule has 4 nitrogen and oxygen atoms in total. The number of nitrogens with zero attached hydrogens (tertiary/aromatic N) is 3. The van der Waals surface area contributed by atoms with Crippen molar-refractivity contribution in [2.45, 2.75) is 51.4 Å². The summed E-state index contributed by atoms with van der Waals surface area (Å²) in [5, 5.41) is 0. The molecule has 35 heavy (non-hydrogen) atoms. The molecule has 0 radical (unpaired) electrons. The molecule has 182 valence electrons. The fraction of sp³-hybridized carbons (Fsp3) is 0.400. The first-order chi connectivity index (χ1) is 17.2. The van der Waals surface area contributed by atoms with Gasteiger partial charge < -0.3 is 9.32 Å². The number of hydrogen-bond donors (Lipinski definition) is 0. The Bertz CT molecular complexity index is 1160. The minimum absolute atomic E-state index is 0.263. The van der Waals surface area contributed by atoms with E-state index in [0.29, 0.717) is 17.7 Å². The molecule has 1 aliphatic carbocycles. The van der Waals surface area contributed by atoms with Gasteiger partial charge in [0.05, 0.1) is 5.70 Å². The molecule has 0 saturated carbocycles. The molecule has 0 bridgehead atoms. The highest BCUT2D eigenvalue weighted by Gasteiger charge is 2.29. The number of oxazole rings is 1. The van der Waals surface area contributed by atoms with Gasteiger partial charge in [0.15, 0.2) is 0 Å². The molecule has 2 aromatic rings. The summed E-state index contributed by atoms with van der Waals surface area (Å²) < 4.78 is 19.9. The van der Waals surface area contributed by atoms with Crippen LogP contribution in [0.5, 0.6) is 0 Å². The third kappa shape index (κ3) is 5.96. The molecular weight excluding hydrogens is 437 g/mol. The minimum atomic E-state index is -0.263. The predicted octanol–water partition coefficient (Wildman–Crippen LogP) is 7.33. The molecule has 1 fully saturated rings. The van der Waals surface area contributed by atoms with Gasteiger partial charge in [-0.25, -0.2) is 9.37 Å². The van der Waals surface area contributed by atoms with Gasteiger partial charge in [-0.1, -0.05) is 42.9 Å². The van der Waals surface area contributed by atoms with Crippen molar-refractivity contribution in [3.63, 3.8) is 0 Å². The maximum absolute atomic E-state index is 13.5. The van der Waals surface area contributed by atoms with Crippen LogP contribution in [-0.2, 0) is 0 Å². The van der Waals surface area contributed by atoms with Gasteiger partial charge in [0.1, 0.15) is 17.3 Å². The highest BCUT2D eigenvalue weighted by molar-refractivity contribution is 5.80. The van der Waals surface area contributed by atoms with Crippen LogP contribution in [0.25, 0.3) is 17.2 Å². The molecule has 5 rings (SSSR count). The zero-order valence-corrected chi connectivity index (χ0v) is 20.5. The predicted molar refractivity (Wildman–Crippen MR) is 141 cm³/mol. The summed E-state index contributed by atoms with van der Waals surface area (Å²) >= 11 is 0. The Labute approximate surface area is 207 Å². The number of likely N-dealkylation sites (tertiary alicyclic amines) is 1. The topological polar surface area (TPSA) is 41.6 Å². The third-order valence-electron chi connectivity index (χ3n) is 7.22. The van der Waals surface area contributed by atoms with E-state index in [1.165, 1.54) is 25.0 Å². The van der Waals surface area contributed by atoms with Crippen LogP contribution in [0.15, 0.2) is 75.7 Å². The number of halogens is 1. The molecule has 1 aromatic heterocycles. The van der Waals surface area contributed by atoms with Gasteiger partial charge in [0.25, 0.3) is 0 Å². The normalized spacial score (nSPS) is 23.0. The maximum Gasteiger partial charge on any atom is 0.226 e. The minimum Gasteiger partial charge on any atom is -0.440 e.